The third-order valence-corrected chi connectivity index (χ3v) is 4.66. The van der Waals surface area contributed by atoms with Crippen LogP contribution < -0.4 is 31.4 Å². The first-order valence-electron chi connectivity index (χ1n) is 10.1. The van der Waals surface area contributed by atoms with Crippen LogP contribution in [0.25, 0.3) is 6.08 Å². The van der Waals surface area contributed by atoms with E-state index in [0.717, 1.165) is 0 Å². The van der Waals surface area contributed by atoms with E-state index in [-0.39, 0.29) is 30.6 Å². The van der Waals surface area contributed by atoms with E-state index >= 15 is 0 Å². The number of nitrogens with zero attached hydrogens (tertiary/aromatic N) is 2. The first-order chi connectivity index (χ1) is 15.2. The summed E-state index contributed by atoms with van der Waals surface area (Å²) >= 11 is 0. The van der Waals surface area contributed by atoms with Gasteiger partial charge < -0.3 is 19.9 Å². The maximum Gasteiger partial charge on any atom is 0.330 e. The third kappa shape index (κ3) is 5.79. The van der Waals surface area contributed by atoms with E-state index in [4.69, 9.17) is 19.9 Å². The topological polar surface area (TPSA) is 129 Å². The lowest BCUT2D eigenvalue weighted by Crippen LogP contribution is -2.42. The summed E-state index contributed by atoms with van der Waals surface area (Å²) in [5.41, 5.74) is 5.35. The number of hydrogen-bond donors (Lipinski definition) is 2. The average molecular weight is 447 g/mol. The minimum Gasteiger partial charge on any atom is -0.497 e. The maximum absolute atomic E-state index is 13.1. The normalized spacial score (nSPS) is 11.2. The van der Waals surface area contributed by atoms with Crippen molar-refractivity contribution in [1.29, 1.82) is 0 Å². The summed E-state index contributed by atoms with van der Waals surface area (Å²) < 4.78 is 16.9. The number of hydrogen-bond acceptors (Lipinski definition) is 7. The summed E-state index contributed by atoms with van der Waals surface area (Å²) in [4.78, 5) is 41.4. The van der Waals surface area contributed by atoms with Gasteiger partial charge in [0.1, 0.15) is 17.3 Å². The van der Waals surface area contributed by atoms with Crippen molar-refractivity contribution in [1.82, 2.24) is 9.55 Å². The van der Waals surface area contributed by atoms with Crippen LogP contribution in [0.4, 0.5) is 11.5 Å². The number of nitrogen functional groups attached to an aromatic ring is 1. The summed E-state index contributed by atoms with van der Waals surface area (Å²) in [7, 11) is 4.53. The number of nitrogens with one attached hydrogen (secondary N) is 1. The average Bonchev–Trinajstić information content (AvgIpc) is 2.76. The predicted molar refractivity (Wildman–Crippen MR) is 123 cm³/mol. The van der Waals surface area contributed by atoms with E-state index in [1.165, 1.54) is 29.8 Å². The molecule has 2 rings (SSSR count). The number of aromatic nitrogens is 2. The van der Waals surface area contributed by atoms with Crippen LogP contribution in [0.2, 0.25) is 0 Å². The molecule has 0 aliphatic carbocycles. The van der Waals surface area contributed by atoms with E-state index < -0.39 is 17.2 Å². The molecule has 10 nitrogen and oxygen atoms in total. The molecule has 2 aromatic rings. The molecule has 0 bridgehead atoms. The molecular formula is C22H30N4O6. The molecule has 1 amide bonds. The Balaban J connectivity index is 2.49. The number of carbonyl (C=O) groups excluding carboxylic acids is 1. The molecule has 3 N–H and O–H groups in total. The molecule has 32 heavy (non-hydrogen) atoms. The number of anilines is 2. The number of carbonyl (C=O) groups is 1. The van der Waals surface area contributed by atoms with Crippen molar-refractivity contribution in [2.45, 2.75) is 20.4 Å². The molecule has 1 aromatic heterocycles. The second-order valence-corrected chi connectivity index (χ2v) is 7.42. The minimum atomic E-state index is -0.743. The van der Waals surface area contributed by atoms with Gasteiger partial charge >= 0.3 is 5.69 Å². The molecule has 1 heterocycles. The van der Waals surface area contributed by atoms with Crippen molar-refractivity contribution < 1.29 is 19.0 Å². The molecule has 0 saturated heterocycles. The van der Waals surface area contributed by atoms with Crippen LogP contribution in [0, 0.1) is 5.92 Å². The molecule has 1 aromatic carbocycles. The Morgan fingerprint density at radius 1 is 1.22 bits per heavy atom. The second-order valence-electron chi connectivity index (χ2n) is 7.42. The highest BCUT2D eigenvalue weighted by atomic mass is 16.5. The summed E-state index contributed by atoms with van der Waals surface area (Å²) in [6.45, 7) is 4.34. The number of rotatable bonds is 10. The second kappa shape index (κ2) is 11.2. The van der Waals surface area contributed by atoms with Crippen molar-refractivity contribution in [2.75, 3.05) is 45.1 Å². The van der Waals surface area contributed by atoms with Crippen LogP contribution in [0.3, 0.4) is 0 Å². The van der Waals surface area contributed by atoms with E-state index in [9.17, 15) is 14.4 Å². The van der Waals surface area contributed by atoms with Crippen LogP contribution in [0.1, 0.15) is 19.4 Å². The van der Waals surface area contributed by atoms with Gasteiger partial charge in [-0.05, 0) is 24.1 Å². The van der Waals surface area contributed by atoms with Gasteiger partial charge in [-0.15, -0.1) is 0 Å². The Morgan fingerprint density at radius 3 is 2.53 bits per heavy atom. The number of ether oxygens (including phenoxy) is 3. The molecule has 0 aliphatic heterocycles. The summed E-state index contributed by atoms with van der Waals surface area (Å²) in [6.07, 6.45) is 2.87. The van der Waals surface area contributed by atoms with Gasteiger partial charge in [-0.1, -0.05) is 13.8 Å². The molecule has 0 radical (unpaired) electrons. The largest absolute Gasteiger partial charge is 0.497 e. The van der Waals surface area contributed by atoms with Crippen LogP contribution in [-0.2, 0) is 16.1 Å². The fourth-order valence-corrected chi connectivity index (χ4v) is 3.11. The van der Waals surface area contributed by atoms with E-state index in [2.05, 4.69) is 4.98 Å². The van der Waals surface area contributed by atoms with Gasteiger partial charge in [-0.25, -0.2) is 4.79 Å². The maximum atomic E-state index is 13.1. The molecule has 0 unspecified atom stereocenters. The molecule has 0 aliphatic rings. The monoisotopic (exact) mass is 446 g/mol. The number of methoxy groups -OCH3 is 3. The number of H-pyrrole nitrogens is 1. The van der Waals surface area contributed by atoms with Gasteiger partial charge in [0.05, 0.1) is 20.8 Å². The van der Waals surface area contributed by atoms with Gasteiger partial charge in [-0.2, -0.15) is 0 Å². The lowest BCUT2D eigenvalue weighted by Gasteiger charge is -2.23. The fraction of sp³-hybridized carbons (Fsp3) is 0.409. The standard InChI is InChI=1S/C22H30N4O6/c1-14(2)13-26-20(23)19(21(28)24-22(26)29)25(10-11-30-3)18(27)9-7-15-6-8-16(31-4)12-17(15)32-5/h6-9,12,14H,10-11,13,23H2,1-5H3,(H,24,28,29)/b9-7+. The highest BCUT2D eigenvalue weighted by molar-refractivity contribution is 6.05. The molecule has 174 valence electrons. The van der Waals surface area contributed by atoms with E-state index in [0.29, 0.717) is 23.6 Å². The highest BCUT2D eigenvalue weighted by Gasteiger charge is 2.23. The lowest BCUT2D eigenvalue weighted by molar-refractivity contribution is -0.114. The smallest absolute Gasteiger partial charge is 0.330 e. The molecule has 0 spiro atoms. The zero-order valence-electron chi connectivity index (χ0n) is 19.0. The Hall–Kier alpha value is -3.53. The van der Waals surface area contributed by atoms with E-state index in [1.807, 2.05) is 13.8 Å². The fourth-order valence-electron chi connectivity index (χ4n) is 3.11. The van der Waals surface area contributed by atoms with Crippen molar-refractivity contribution in [3.8, 4) is 11.5 Å². The van der Waals surface area contributed by atoms with Crippen molar-refractivity contribution in [3.63, 3.8) is 0 Å². The number of nitrogens with two attached hydrogens (primary N) is 1. The SMILES string of the molecule is COCCN(C(=O)/C=C/c1ccc(OC)cc1OC)c1c(N)n(CC(C)C)c(=O)[nH]c1=O. The van der Waals surface area contributed by atoms with Crippen molar-refractivity contribution in [3.05, 3.63) is 50.7 Å². The molecule has 0 atom stereocenters. The molecule has 0 fully saturated rings. The lowest BCUT2D eigenvalue weighted by atomic mass is 10.1. The Bertz CT molecular complexity index is 1090. The molecule has 10 heteroatoms. The Kier molecular flexibility index (Phi) is 8.65. The zero-order chi connectivity index (χ0) is 23.8. The van der Waals surface area contributed by atoms with Gasteiger partial charge in [0.25, 0.3) is 11.5 Å². The molecular weight excluding hydrogens is 416 g/mol. The zero-order valence-corrected chi connectivity index (χ0v) is 19.0. The van der Waals surface area contributed by atoms with E-state index in [1.54, 1.807) is 31.4 Å². The summed E-state index contributed by atoms with van der Waals surface area (Å²) in [5, 5.41) is 0. The minimum absolute atomic E-state index is 0.0621. The Labute approximate surface area is 186 Å². The van der Waals surface area contributed by atoms with Crippen LogP contribution in [0.15, 0.2) is 33.9 Å². The van der Waals surface area contributed by atoms with Gasteiger partial charge in [-0.3, -0.25) is 24.0 Å². The Morgan fingerprint density at radius 2 is 1.94 bits per heavy atom. The van der Waals surface area contributed by atoms with Crippen molar-refractivity contribution >= 4 is 23.5 Å². The summed E-state index contributed by atoms with van der Waals surface area (Å²) in [6, 6.07) is 5.17. The third-order valence-electron chi connectivity index (χ3n) is 4.66. The van der Waals surface area contributed by atoms with Crippen LogP contribution >= 0.6 is 0 Å². The van der Waals surface area contributed by atoms with Gasteiger partial charge in [0.2, 0.25) is 0 Å². The number of aromatic amines is 1. The first-order valence-corrected chi connectivity index (χ1v) is 10.1. The predicted octanol–water partition coefficient (Wildman–Crippen LogP) is 1.48. The van der Waals surface area contributed by atoms with Gasteiger partial charge in [0.15, 0.2) is 5.69 Å². The van der Waals surface area contributed by atoms with Crippen LogP contribution in [0.5, 0.6) is 11.5 Å². The molecule has 0 saturated carbocycles. The quantitative estimate of drug-likeness (QED) is 0.529. The van der Waals surface area contributed by atoms with Crippen LogP contribution in [-0.4, -0.2) is 49.9 Å². The number of amides is 1. The number of benzene rings is 1. The summed E-state index contributed by atoms with van der Waals surface area (Å²) in [5.74, 6) is 0.636. The first kappa shape index (κ1) is 24.7. The highest BCUT2D eigenvalue weighted by Crippen LogP contribution is 2.26. The van der Waals surface area contributed by atoms with Crippen molar-refractivity contribution in [2.24, 2.45) is 5.92 Å². The van der Waals surface area contributed by atoms with Gasteiger partial charge in [0, 0.05) is 37.9 Å².